The molecule has 1 aliphatic carbocycles. The Balaban J connectivity index is 1.61. The summed E-state index contributed by atoms with van der Waals surface area (Å²) >= 11 is 5.88. The number of aromatic carboxylic acids is 1. The van der Waals surface area contributed by atoms with Gasteiger partial charge in [0.05, 0.1) is 22.6 Å². The van der Waals surface area contributed by atoms with E-state index in [4.69, 9.17) is 16.6 Å². The van der Waals surface area contributed by atoms with Crippen LogP contribution in [0.1, 0.15) is 66.3 Å². The number of nitrogens with zero attached hydrogens (tertiary/aromatic N) is 4. The number of hydrogen-bond donors (Lipinski definition) is 2. The molecule has 3 heterocycles. The van der Waals surface area contributed by atoms with Gasteiger partial charge in [0.1, 0.15) is 5.15 Å². The zero-order chi connectivity index (χ0) is 25.8. The molecule has 3 aromatic rings. The van der Waals surface area contributed by atoms with Crippen LogP contribution in [0.5, 0.6) is 0 Å². The molecular weight excluding hydrogens is 492 g/mol. The number of carboxylic acid groups (broad SMARTS) is 1. The minimum Gasteiger partial charge on any atom is -0.476 e. The number of fused-ring (bicyclic) bond motifs is 1. The van der Waals surface area contributed by atoms with Crippen LogP contribution in [-0.2, 0) is 0 Å². The van der Waals surface area contributed by atoms with Gasteiger partial charge < -0.3 is 15.3 Å². The number of halogens is 3. The average molecular weight is 518 g/mol. The standard InChI is InChI=1S/C25H26ClF2N5O3/c1-13-11-16(14(2)29-18-5-6-19(26)30-21(18)23(35)36)20-17(12-13)22(34)33(15-3-4-15)24(31-20)32-9-7-25(27,28)8-10-32/h5-6,11-12,14-15,29H,3-4,7-10H2,1-2H3,(H,35,36)/t14-/m1/s1. The quantitative estimate of drug-likeness (QED) is 0.434. The van der Waals surface area contributed by atoms with Crippen molar-refractivity contribution in [1.29, 1.82) is 0 Å². The first-order valence-corrected chi connectivity index (χ1v) is 12.3. The highest BCUT2D eigenvalue weighted by Crippen LogP contribution is 2.39. The van der Waals surface area contributed by atoms with Crippen LogP contribution in [0.25, 0.3) is 10.9 Å². The Labute approximate surface area is 210 Å². The third kappa shape index (κ3) is 4.61. The number of aromatic nitrogens is 3. The van der Waals surface area contributed by atoms with E-state index in [1.807, 2.05) is 19.9 Å². The van der Waals surface area contributed by atoms with E-state index < -0.39 is 17.9 Å². The molecule has 8 nitrogen and oxygen atoms in total. The summed E-state index contributed by atoms with van der Waals surface area (Å²) in [6, 6.07) is 6.29. The lowest BCUT2D eigenvalue weighted by molar-refractivity contribution is -0.0223. The maximum absolute atomic E-state index is 13.9. The lowest BCUT2D eigenvalue weighted by Crippen LogP contribution is -2.42. The van der Waals surface area contributed by atoms with Crippen LogP contribution in [0.3, 0.4) is 0 Å². The van der Waals surface area contributed by atoms with E-state index in [0.29, 0.717) is 22.4 Å². The van der Waals surface area contributed by atoms with Crippen molar-refractivity contribution in [1.82, 2.24) is 14.5 Å². The molecule has 0 radical (unpaired) electrons. The van der Waals surface area contributed by atoms with Crippen molar-refractivity contribution in [3.05, 3.63) is 56.6 Å². The highest BCUT2D eigenvalue weighted by atomic mass is 35.5. The lowest BCUT2D eigenvalue weighted by Gasteiger charge is -2.34. The Kier molecular flexibility index (Phi) is 6.10. The van der Waals surface area contributed by atoms with Crippen LogP contribution in [0.4, 0.5) is 20.4 Å². The van der Waals surface area contributed by atoms with Gasteiger partial charge >= 0.3 is 5.97 Å². The molecule has 2 fully saturated rings. The monoisotopic (exact) mass is 517 g/mol. The first-order chi connectivity index (χ1) is 17.0. The summed E-state index contributed by atoms with van der Waals surface area (Å²) in [4.78, 5) is 36.0. The number of alkyl halides is 2. The van der Waals surface area contributed by atoms with Crippen LogP contribution in [-0.4, -0.2) is 44.6 Å². The Morgan fingerprint density at radius 1 is 1.22 bits per heavy atom. The topological polar surface area (TPSA) is 100 Å². The maximum Gasteiger partial charge on any atom is 0.356 e. The summed E-state index contributed by atoms with van der Waals surface area (Å²) in [6.07, 6.45) is 1.13. The van der Waals surface area contributed by atoms with Crippen LogP contribution in [0.2, 0.25) is 5.15 Å². The van der Waals surface area contributed by atoms with Gasteiger partial charge in [-0.05, 0) is 50.5 Å². The van der Waals surface area contributed by atoms with Crippen LogP contribution < -0.4 is 15.8 Å². The highest BCUT2D eigenvalue weighted by Gasteiger charge is 2.37. The number of piperidine rings is 1. The highest BCUT2D eigenvalue weighted by molar-refractivity contribution is 6.29. The van der Waals surface area contributed by atoms with Crippen molar-refractivity contribution in [2.24, 2.45) is 0 Å². The molecule has 1 saturated heterocycles. The molecule has 0 amide bonds. The molecule has 36 heavy (non-hydrogen) atoms. The molecule has 5 rings (SSSR count). The van der Waals surface area contributed by atoms with Gasteiger partial charge in [-0.2, -0.15) is 0 Å². The number of rotatable bonds is 6. The molecule has 1 aliphatic heterocycles. The number of benzene rings is 1. The summed E-state index contributed by atoms with van der Waals surface area (Å²) in [6.45, 7) is 3.95. The van der Waals surface area contributed by atoms with Crippen molar-refractivity contribution in [3.8, 4) is 0 Å². The Morgan fingerprint density at radius 2 is 1.92 bits per heavy atom. The van der Waals surface area contributed by atoms with Gasteiger partial charge in [-0.3, -0.25) is 9.36 Å². The van der Waals surface area contributed by atoms with Gasteiger partial charge in [0.25, 0.3) is 11.5 Å². The molecule has 2 aliphatic rings. The van der Waals surface area contributed by atoms with E-state index in [9.17, 15) is 23.5 Å². The van der Waals surface area contributed by atoms with E-state index in [0.717, 1.165) is 18.4 Å². The fourth-order valence-electron chi connectivity index (χ4n) is 4.74. The third-order valence-corrected chi connectivity index (χ3v) is 6.96. The Hall–Kier alpha value is -3.27. The molecule has 190 valence electrons. The number of anilines is 2. The summed E-state index contributed by atoms with van der Waals surface area (Å²) in [5, 5.41) is 13.2. The molecule has 0 spiro atoms. The molecule has 11 heteroatoms. The second-order valence-corrected chi connectivity index (χ2v) is 10.0. The van der Waals surface area contributed by atoms with Crippen molar-refractivity contribution < 1.29 is 18.7 Å². The SMILES string of the molecule is Cc1cc([C@@H](C)Nc2ccc(Cl)nc2C(=O)O)c2nc(N3CCC(F)(F)CC3)n(C3CC3)c(=O)c2c1. The molecule has 1 atom stereocenters. The van der Waals surface area contributed by atoms with Gasteiger partial charge in [0.2, 0.25) is 5.95 Å². The van der Waals surface area contributed by atoms with E-state index in [-0.39, 0.29) is 54.1 Å². The van der Waals surface area contributed by atoms with Crippen LogP contribution in [0.15, 0.2) is 29.1 Å². The normalized spacial score (nSPS) is 18.3. The van der Waals surface area contributed by atoms with E-state index in [2.05, 4.69) is 10.3 Å². The summed E-state index contributed by atoms with van der Waals surface area (Å²) < 4.78 is 29.4. The number of aryl methyl sites for hydroxylation is 1. The Morgan fingerprint density at radius 3 is 2.56 bits per heavy atom. The number of hydrogen-bond acceptors (Lipinski definition) is 6. The second-order valence-electron chi connectivity index (χ2n) is 9.61. The van der Waals surface area contributed by atoms with Crippen molar-refractivity contribution in [2.45, 2.75) is 57.5 Å². The van der Waals surface area contributed by atoms with E-state index in [1.165, 1.54) is 6.07 Å². The maximum atomic E-state index is 13.9. The first kappa shape index (κ1) is 24.4. The number of carbonyl (C=O) groups is 1. The van der Waals surface area contributed by atoms with Gasteiger partial charge in [-0.1, -0.05) is 17.7 Å². The van der Waals surface area contributed by atoms with E-state index in [1.54, 1.807) is 21.6 Å². The molecule has 1 aromatic carbocycles. The average Bonchev–Trinajstić information content (AvgIpc) is 3.65. The number of pyridine rings is 1. The molecule has 0 unspecified atom stereocenters. The van der Waals surface area contributed by atoms with Crippen LogP contribution in [0, 0.1) is 6.92 Å². The molecule has 1 saturated carbocycles. The molecular formula is C25H26ClF2N5O3. The van der Waals surface area contributed by atoms with Crippen LogP contribution >= 0.6 is 11.6 Å². The zero-order valence-corrected chi connectivity index (χ0v) is 20.6. The number of nitrogens with one attached hydrogen (secondary N) is 1. The molecule has 2 aromatic heterocycles. The fourth-order valence-corrected chi connectivity index (χ4v) is 4.89. The minimum atomic E-state index is -2.72. The van der Waals surface area contributed by atoms with Crippen molar-refractivity contribution in [3.63, 3.8) is 0 Å². The zero-order valence-electron chi connectivity index (χ0n) is 19.9. The lowest BCUT2D eigenvalue weighted by atomic mass is 10.0. The van der Waals surface area contributed by atoms with Crippen molar-refractivity contribution in [2.75, 3.05) is 23.3 Å². The smallest absolute Gasteiger partial charge is 0.356 e. The first-order valence-electron chi connectivity index (χ1n) is 11.9. The predicted molar refractivity (Wildman–Crippen MR) is 134 cm³/mol. The second kappa shape index (κ2) is 8.99. The van der Waals surface area contributed by atoms with Gasteiger partial charge in [-0.15, -0.1) is 0 Å². The Bertz CT molecular complexity index is 1410. The van der Waals surface area contributed by atoms with E-state index >= 15 is 0 Å². The fraction of sp³-hybridized carbons (Fsp3) is 0.440. The summed E-state index contributed by atoms with van der Waals surface area (Å²) in [5.74, 6) is -3.52. The largest absolute Gasteiger partial charge is 0.476 e. The van der Waals surface area contributed by atoms with Gasteiger partial charge in [-0.25, -0.2) is 23.5 Å². The predicted octanol–water partition coefficient (Wildman–Crippen LogP) is 5.20. The summed E-state index contributed by atoms with van der Waals surface area (Å²) in [5.41, 5.74) is 1.88. The third-order valence-electron chi connectivity index (χ3n) is 6.75. The van der Waals surface area contributed by atoms with Gasteiger partial charge in [0, 0.05) is 37.5 Å². The van der Waals surface area contributed by atoms with Gasteiger partial charge in [0.15, 0.2) is 5.69 Å². The summed E-state index contributed by atoms with van der Waals surface area (Å²) in [7, 11) is 0. The van der Waals surface area contributed by atoms with Crippen molar-refractivity contribution >= 4 is 40.1 Å². The minimum absolute atomic E-state index is 0.0182. The molecule has 0 bridgehead atoms. The number of carboxylic acids is 1. The molecule has 2 N–H and O–H groups in total.